The summed E-state index contributed by atoms with van der Waals surface area (Å²) >= 11 is 5.97. The van der Waals surface area contributed by atoms with E-state index in [1.54, 1.807) is 0 Å². The molecular formula is C23H21ClN4O. The standard InChI is InChI=1S/C23H21ClN4O/c1-27-22-9-5-16(12-21(22)26-23(27)28-11-10-19(29)14-28)20-8-4-17(13-25-20)15-2-6-18(24)7-3-15/h2-9,12-13,19,29H,10-11,14H2,1H3. The van der Waals surface area contributed by atoms with E-state index in [1.807, 2.05) is 43.6 Å². The van der Waals surface area contributed by atoms with Crippen LogP contribution in [-0.2, 0) is 7.05 Å². The maximum absolute atomic E-state index is 9.84. The van der Waals surface area contributed by atoms with Crippen molar-refractivity contribution in [1.29, 1.82) is 0 Å². The number of aryl methyl sites for hydroxylation is 1. The van der Waals surface area contributed by atoms with E-state index >= 15 is 0 Å². The highest BCUT2D eigenvalue weighted by Crippen LogP contribution is 2.29. The van der Waals surface area contributed by atoms with E-state index in [4.69, 9.17) is 16.6 Å². The van der Waals surface area contributed by atoms with E-state index in [-0.39, 0.29) is 6.10 Å². The van der Waals surface area contributed by atoms with Crippen LogP contribution in [0.5, 0.6) is 0 Å². The van der Waals surface area contributed by atoms with Crippen molar-refractivity contribution in [3.63, 3.8) is 0 Å². The minimum absolute atomic E-state index is 0.270. The predicted octanol–water partition coefficient (Wildman–Crippen LogP) is 4.53. The molecule has 1 unspecified atom stereocenters. The topological polar surface area (TPSA) is 54.2 Å². The van der Waals surface area contributed by atoms with E-state index in [0.29, 0.717) is 6.54 Å². The largest absolute Gasteiger partial charge is 0.391 e. The van der Waals surface area contributed by atoms with Crippen molar-refractivity contribution >= 4 is 28.6 Å². The normalized spacial score (nSPS) is 16.7. The van der Waals surface area contributed by atoms with Gasteiger partial charge in [0.25, 0.3) is 0 Å². The molecule has 0 radical (unpaired) electrons. The molecule has 146 valence electrons. The number of pyridine rings is 1. The molecule has 3 heterocycles. The quantitative estimate of drug-likeness (QED) is 0.545. The third-order valence-corrected chi connectivity index (χ3v) is 5.79. The number of hydrogen-bond acceptors (Lipinski definition) is 4. The zero-order valence-corrected chi connectivity index (χ0v) is 16.8. The average molecular weight is 405 g/mol. The number of halogens is 1. The van der Waals surface area contributed by atoms with Gasteiger partial charge in [-0.2, -0.15) is 0 Å². The number of β-amino-alcohol motifs (C(OH)–C–C–N with tert-alkyl or cyclic N) is 1. The molecule has 5 rings (SSSR count). The van der Waals surface area contributed by atoms with Crippen molar-refractivity contribution < 1.29 is 5.11 Å². The van der Waals surface area contributed by atoms with Gasteiger partial charge in [-0.1, -0.05) is 35.9 Å². The fourth-order valence-corrected chi connectivity index (χ4v) is 4.06. The minimum atomic E-state index is -0.270. The summed E-state index contributed by atoms with van der Waals surface area (Å²) < 4.78 is 2.09. The lowest BCUT2D eigenvalue weighted by atomic mass is 10.1. The molecule has 6 heteroatoms. The number of anilines is 1. The Kier molecular flexibility index (Phi) is 4.49. The van der Waals surface area contributed by atoms with E-state index in [9.17, 15) is 5.11 Å². The number of aromatic nitrogens is 3. The van der Waals surface area contributed by atoms with Crippen LogP contribution in [0.3, 0.4) is 0 Å². The van der Waals surface area contributed by atoms with Crippen LogP contribution in [0.4, 0.5) is 5.95 Å². The van der Waals surface area contributed by atoms with Gasteiger partial charge in [0, 0.05) is 42.5 Å². The Labute approximate surface area is 174 Å². The lowest BCUT2D eigenvalue weighted by Gasteiger charge is -2.16. The van der Waals surface area contributed by atoms with Crippen molar-refractivity contribution in [2.75, 3.05) is 18.0 Å². The van der Waals surface area contributed by atoms with Gasteiger partial charge in [-0.3, -0.25) is 4.98 Å². The summed E-state index contributed by atoms with van der Waals surface area (Å²) in [5, 5.41) is 10.6. The maximum Gasteiger partial charge on any atom is 0.206 e. The molecule has 0 amide bonds. The molecule has 4 aromatic rings. The first-order valence-corrected chi connectivity index (χ1v) is 10.1. The Morgan fingerprint density at radius 2 is 1.76 bits per heavy atom. The molecule has 1 aliphatic rings. The number of aliphatic hydroxyl groups excluding tert-OH is 1. The maximum atomic E-state index is 9.84. The van der Waals surface area contributed by atoms with Crippen LogP contribution in [0.1, 0.15) is 6.42 Å². The smallest absolute Gasteiger partial charge is 0.206 e. The highest BCUT2D eigenvalue weighted by molar-refractivity contribution is 6.30. The first-order valence-electron chi connectivity index (χ1n) is 9.70. The monoisotopic (exact) mass is 404 g/mol. The number of hydrogen-bond donors (Lipinski definition) is 1. The van der Waals surface area contributed by atoms with Crippen molar-refractivity contribution in [3.8, 4) is 22.4 Å². The van der Waals surface area contributed by atoms with Crippen molar-refractivity contribution in [2.45, 2.75) is 12.5 Å². The summed E-state index contributed by atoms with van der Waals surface area (Å²) in [6, 6.07) is 18.1. The predicted molar refractivity (Wildman–Crippen MR) is 117 cm³/mol. The van der Waals surface area contributed by atoms with Gasteiger partial charge in [0.15, 0.2) is 0 Å². The first-order chi connectivity index (χ1) is 14.1. The molecule has 0 bridgehead atoms. The molecule has 29 heavy (non-hydrogen) atoms. The summed E-state index contributed by atoms with van der Waals surface area (Å²) in [7, 11) is 2.02. The summed E-state index contributed by atoms with van der Waals surface area (Å²) in [4.78, 5) is 11.6. The van der Waals surface area contributed by atoms with E-state index in [1.165, 1.54) is 0 Å². The Balaban J connectivity index is 1.46. The lowest BCUT2D eigenvalue weighted by molar-refractivity contribution is 0.198. The second-order valence-electron chi connectivity index (χ2n) is 7.50. The van der Waals surface area contributed by atoms with Gasteiger partial charge in [0.2, 0.25) is 5.95 Å². The van der Waals surface area contributed by atoms with Crippen molar-refractivity contribution in [2.24, 2.45) is 7.05 Å². The molecule has 0 spiro atoms. The van der Waals surface area contributed by atoms with E-state index in [2.05, 4.69) is 38.7 Å². The van der Waals surface area contributed by atoms with Gasteiger partial charge < -0.3 is 14.6 Å². The molecule has 1 N–H and O–H groups in total. The molecule has 2 aromatic carbocycles. The second-order valence-corrected chi connectivity index (χ2v) is 7.94. The molecule has 1 atom stereocenters. The number of rotatable bonds is 3. The lowest BCUT2D eigenvalue weighted by Crippen LogP contribution is -2.24. The van der Waals surface area contributed by atoms with Crippen molar-refractivity contribution in [3.05, 3.63) is 65.8 Å². The number of aliphatic hydroxyl groups is 1. The summed E-state index contributed by atoms with van der Waals surface area (Å²) in [5.41, 5.74) is 6.10. The first kappa shape index (κ1) is 18.2. The van der Waals surface area contributed by atoms with E-state index < -0.39 is 0 Å². The summed E-state index contributed by atoms with van der Waals surface area (Å²) in [5.74, 6) is 0.903. The number of benzene rings is 2. The van der Waals surface area contributed by atoms with Crippen LogP contribution in [0.2, 0.25) is 5.02 Å². The highest BCUT2D eigenvalue weighted by atomic mass is 35.5. The van der Waals surface area contributed by atoms with Gasteiger partial charge in [0.1, 0.15) is 0 Å². The van der Waals surface area contributed by atoms with Gasteiger partial charge in [-0.25, -0.2) is 4.98 Å². The SMILES string of the molecule is Cn1c(N2CCC(O)C2)nc2cc(-c3ccc(-c4ccc(Cl)cc4)cn3)ccc21. The average Bonchev–Trinajstić information content (AvgIpc) is 3.31. The Bertz CT molecular complexity index is 1170. The van der Waals surface area contributed by atoms with Gasteiger partial charge in [-0.15, -0.1) is 0 Å². The van der Waals surface area contributed by atoms with Gasteiger partial charge in [0.05, 0.1) is 22.8 Å². The summed E-state index contributed by atoms with van der Waals surface area (Å²) in [6.07, 6.45) is 2.41. The Hall–Kier alpha value is -2.89. The second kappa shape index (κ2) is 7.17. The van der Waals surface area contributed by atoms with Crippen LogP contribution in [0, 0.1) is 0 Å². The van der Waals surface area contributed by atoms with Crippen LogP contribution < -0.4 is 4.90 Å². The number of fused-ring (bicyclic) bond motifs is 1. The molecule has 2 aromatic heterocycles. The number of imidazole rings is 1. The number of nitrogens with zero attached hydrogens (tertiary/aromatic N) is 4. The Morgan fingerprint density at radius 3 is 2.45 bits per heavy atom. The fourth-order valence-electron chi connectivity index (χ4n) is 3.93. The highest BCUT2D eigenvalue weighted by Gasteiger charge is 2.24. The zero-order chi connectivity index (χ0) is 20.0. The summed E-state index contributed by atoms with van der Waals surface area (Å²) in [6.45, 7) is 1.47. The van der Waals surface area contributed by atoms with Crippen LogP contribution in [-0.4, -0.2) is 38.8 Å². The van der Waals surface area contributed by atoms with Crippen molar-refractivity contribution in [1.82, 2.24) is 14.5 Å². The molecule has 0 saturated carbocycles. The molecule has 1 saturated heterocycles. The van der Waals surface area contributed by atoms with Gasteiger partial charge in [-0.05, 0) is 42.3 Å². The third kappa shape index (κ3) is 3.37. The van der Waals surface area contributed by atoms with Crippen LogP contribution >= 0.6 is 11.6 Å². The third-order valence-electron chi connectivity index (χ3n) is 5.54. The zero-order valence-electron chi connectivity index (χ0n) is 16.1. The molecule has 1 aliphatic heterocycles. The molecule has 1 fully saturated rings. The van der Waals surface area contributed by atoms with E-state index in [0.717, 1.165) is 57.4 Å². The molecule has 5 nitrogen and oxygen atoms in total. The molecular weight excluding hydrogens is 384 g/mol. The van der Waals surface area contributed by atoms with Crippen LogP contribution in [0.15, 0.2) is 60.8 Å². The fraction of sp³-hybridized carbons (Fsp3) is 0.217. The van der Waals surface area contributed by atoms with Crippen LogP contribution in [0.25, 0.3) is 33.4 Å². The Morgan fingerprint density at radius 1 is 1.00 bits per heavy atom. The minimum Gasteiger partial charge on any atom is -0.391 e. The molecule has 0 aliphatic carbocycles. The van der Waals surface area contributed by atoms with Gasteiger partial charge >= 0.3 is 0 Å².